The van der Waals surface area contributed by atoms with Gasteiger partial charge < -0.3 is 26.0 Å². The molecule has 0 radical (unpaired) electrons. The van der Waals surface area contributed by atoms with Crippen LogP contribution >= 0.6 is 0 Å². The van der Waals surface area contributed by atoms with Crippen LogP contribution in [0.5, 0.6) is 0 Å². The van der Waals surface area contributed by atoms with Crippen molar-refractivity contribution in [2.24, 2.45) is 5.73 Å². The van der Waals surface area contributed by atoms with Gasteiger partial charge >= 0.3 is 5.97 Å². The maximum atomic E-state index is 11.1. The van der Waals surface area contributed by atoms with E-state index in [2.05, 4.69) is 5.32 Å². The molecule has 0 aliphatic heterocycles. The van der Waals surface area contributed by atoms with Gasteiger partial charge in [-0.2, -0.15) is 0 Å². The first-order valence-electron chi connectivity index (χ1n) is 4.41. The van der Waals surface area contributed by atoms with Gasteiger partial charge in [0.25, 0.3) is 0 Å². The Labute approximate surface area is 87.2 Å². The van der Waals surface area contributed by atoms with Gasteiger partial charge in [0, 0.05) is 13.7 Å². The summed E-state index contributed by atoms with van der Waals surface area (Å²) >= 11 is 0. The zero-order chi connectivity index (χ0) is 11.8. The Bertz CT molecular complexity index is 217. The van der Waals surface area contributed by atoms with Crippen LogP contribution in [0.1, 0.15) is 6.42 Å². The summed E-state index contributed by atoms with van der Waals surface area (Å²) < 4.78 is 4.86. The monoisotopic (exact) mass is 220 g/mol. The number of nitrogens with one attached hydrogen (secondary N) is 1. The van der Waals surface area contributed by atoms with Crippen molar-refractivity contribution in [3.05, 3.63) is 0 Å². The molecule has 7 nitrogen and oxygen atoms in total. The average Bonchev–Trinajstić information content (AvgIpc) is 2.22. The maximum absolute atomic E-state index is 11.1. The molecule has 0 spiro atoms. The fourth-order valence-corrected chi connectivity index (χ4v) is 0.840. The molecule has 0 saturated carbocycles. The van der Waals surface area contributed by atoms with Gasteiger partial charge in [0.2, 0.25) is 5.91 Å². The van der Waals surface area contributed by atoms with Crippen LogP contribution < -0.4 is 11.1 Å². The molecular formula is C8H16N2O5. The van der Waals surface area contributed by atoms with Gasteiger partial charge in [-0.3, -0.25) is 4.79 Å². The van der Waals surface area contributed by atoms with E-state index in [4.69, 9.17) is 20.7 Å². The van der Waals surface area contributed by atoms with Gasteiger partial charge in [0.15, 0.2) is 6.10 Å². The molecule has 0 aromatic heterocycles. The molecule has 0 fully saturated rings. The largest absolute Gasteiger partial charge is 0.479 e. The van der Waals surface area contributed by atoms with E-state index in [9.17, 15) is 9.59 Å². The van der Waals surface area contributed by atoms with Crippen molar-refractivity contribution < 1.29 is 24.5 Å². The quantitative estimate of drug-likeness (QED) is 0.390. The molecule has 0 rings (SSSR count). The van der Waals surface area contributed by atoms with E-state index in [1.165, 1.54) is 7.11 Å². The molecule has 1 amide bonds. The fourth-order valence-electron chi connectivity index (χ4n) is 0.840. The highest BCUT2D eigenvalue weighted by Crippen LogP contribution is 1.94. The average molecular weight is 220 g/mol. The number of carbonyl (C=O) groups excluding carboxylic acids is 1. The van der Waals surface area contributed by atoms with Crippen LogP contribution in [-0.2, 0) is 14.3 Å². The fraction of sp³-hybridized carbons (Fsp3) is 0.750. The first kappa shape index (κ1) is 13.8. The Kier molecular flexibility index (Phi) is 6.59. The second-order valence-electron chi connectivity index (χ2n) is 2.96. The highest BCUT2D eigenvalue weighted by molar-refractivity contribution is 5.78. The smallest absolute Gasteiger partial charge is 0.334 e. The van der Waals surface area contributed by atoms with Crippen molar-refractivity contribution in [2.45, 2.75) is 18.6 Å². The van der Waals surface area contributed by atoms with Crippen LogP contribution in [0.25, 0.3) is 0 Å². The summed E-state index contributed by atoms with van der Waals surface area (Å²) in [7, 11) is 1.43. The number of ether oxygens (including phenoxy) is 1. The number of aliphatic carboxylic acids is 1. The number of rotatable bonds is 7. The summed E-state index contributed by atoms with van der Waals surface area (Å²) in [6, 6.07) is 0. The van der Waals surface area contributed by atoms with Crippen molar-refractivity contribution in [3.63, 3.8) is 0 Å². The maximum Gasteiger partial charge on any atom is 0.334 e. The van der Waals surface area contributed by atoms with E-state index in [-0.39, 0.29) is 19.5 Å². The van der Waals surface area contributed by atoms with E-state index in [1.807, 2.05) is 0 Å². The number of methoxy groups -OCH3 is 1. The number of nitrogens with two attached hydrogens (primary N) is 1. The summed E-state index contributed by atoms with van der Waals surface area (Å²) in [6.07, 6.45) is -1.95. The number of hydrogen-bond acceptors (Lipinski definition) is 5. The topological polar surface area (TPSA) is 122 Å². The molecule has 88 valence electrons. The SMILES string of the molecule is COC(CN)CC(=O)NC[C@H](O)C(=O)O. The molecule has 0 aliphatic rings. The Morgan fingerprint density at radius 2 is 2.13 bits per heavy atom. The summed E-state index contributed by atoms with van der Waals surface area (Å²) in [5, 5.41) is 19.4. The van der Waals surface area contributed by atoms with Gasteiger partial charge in [-0.15, -0.1) is 0 Å². The number of carbonyl (C=O) groups is 2. The van der Waals surface area contributed by atoms with E-state index < -0.39 is 24.1 Å². The third kappa shape index (κ3) is 6.00. The lowest BCUT2D eigenvalue weighted by atomic mass is 10.2. The molecular weight excluding hydrogens is 204 g/mol. The zero-order valence-electron chi connectivity index (χ0n) is 8.47. The Balaban J connectivity index is 3.79. The van der Waals surface area contributed by atoms with Gasteiger partial charge in [0.05, 0.1) is 19.1 Å². The number of aliphatic hydroxyl groups is 1. The number of carboxylic acids is 1. The highest BCUT2D eigenvalue weighted by atomic mass is 16.5. The third-order valence-electron chi connectivity index (χ3n) is 1.79. The van der Waals surface area contributed by atoms with Crippen LogP contribution in [0.15, 0.2) is 0 Å². The van der Waals surface area contributed by atoms with Crippen LogP contribution in [0.3, 0.4) is 0 Å². The molecule has 0 bridgehead atoms. The first-order valence-corrected chi connectivity index (χ1v) is 4.41. The number of aliphatic hydroxyl groups excluding tert-OH is 1. The van der Waals surface area contributed by atoms with Crippen LogP contribution in [0, 0.1) is 0 Å². The van der Waals surface area contributed by atoms with E-state index in [0.717, 1.165) is 0 Å². The first-order chi connectivity index (χ1) is 7.01. The summed E-state index contributed by atoms with van der Waals surface area (Å²) in [4.78, 5) is 21.3. The molecule has 0 saturated heterocycles. The standard InChI is InChI=1S/C8H16N2O5/c1-15-5(3-9)2-7(12)10-4-6(11)8(13)14/h5-6,11H,2-4,9H2,1H3,(H,10,12)(H,13,14)/t5?,6-/m0/s1. The van der Waals surface area contributed by atoms with Crippen LogP contribution in [0.2, 0.25) is 0 Å². The molecule has 2 atom stereocenters. The summed E-state index contributed by atoms with van der Waals surface area (Å²) in [5.41, 5.74) is 5.29. The molecule has 1 unspecified atom stereocenters. The number of hydrogen-bond donors (Lipinski definition) is 4. The number of amides is 1. The normalized spacial score (nSPS) is 14.3. The predicted molar refractivity (Wildman–Crippen MR) is 51.1 cm³/mol. The lowest BCUT2D eigenvalue weighted by Crippen LogP contribution is -2.39. The molecule has 0 heterocycles. The van der Waals surface area contributed by atoms with Gasteiger partial charge in [-0.05, 0) is 0 Å². The van der Waals surface area contributed by atoms with E-state index >= 15 is 0 Å². The molecule has 15 heavy (non-hydrogen) atoms. The van der Waals surface area contributed by atoms with Crippen molar-refractivity contribution >= 4 is 11.9 Å². The minimum Gasteiger partial charge on any atom is -0.479 e. The van der Waals surface area contributed by atoms with Crippen molar-refractivity contribution in [1.29, 1.82) is 0 Å². The van der Waals surface area contributed by atoms with Crippen molar-refractivity contribution in [3.8, 4) is 0 Å². The molecule has 0 aliphatic carbocycles. The van der Waals surface area contributed by atoms with Gasteiger partial charge in [0.1, 0.15) is 0 Å². The molecule has 0 aromatic rings. The molecule has 7 heteroatoms. The number of carboxylic acid groups (broad SMARTS) is 1. The molecule has 5 N–H and O–H groups in total. The zero-order valence-corrected chi connectivity index (χ0v) is 8.47. The van der Waals surface area contributed by atoms with E-state index in [0.29, 0.717) is 0 Å². The molecule has 0 aromatic carbocycles. The Morgan fingerprint density at radius 3 is 2.53 bits per heavy atom. The van der Waals surface area contributed by atoms with Gasteiger partial charge in [-0.25, -0.2) is 4.79 Å². The van der Waals surface area contributed by atoms with Crippen LogP contribution in [-0.4, -0.2) is 54.5 Å². The second-order valence-corrected chi connectivity index (χ2v) is 2.96. The van der Waals surface area contributed by atoms with Crippen molar-refractivity contribution in [1.82, 2.24) is 5.32 Å². The van der Waals surface area contributed by atoms with E-state index in [1.54, 1.807) is 0 Å². The second kappa shape index (κ2) is 7.16. The minimum atomic E-state index is -1.59. The summed E-state index contributed by atoms with van der Waals surface area (Å²) in [5.74, 6) is -1.79. The Hall–Kier alpha value is -1.18. The predicted octanol–water partition coefficient (Wildman–Crippen LogP) is -2.09. The minimum absolute atomic E-state index is 0.0410. The van der Waals surface area contributed by atoms with Gasteiger partial charge in [-0.1, -0.05) is 0 Å². The summed E-state index contributed by atoms with van der Waals surface area (Å²) in [6.45, 7) is -0.124. The highest BCUT2D eigenvalue weighted by Gasteiger charge is 2.16. The van der Waals surface area contributed by atoms with Crippen molar-refractivity contribution in [2.75, 3.05) is 20.2 Å². The Morgan fingerprint density at radius 1 is 1.53 bits per heavy atom. The van der Waals surface area contributed by atoms with Crippen LogP contribution in [0.4, 0.5) is 0 Å². The third-order valence-corrected chi connectivity index (χ3v) is 1.79. The lowest BCUT2D eigenvalue weighted by Gasteiger charge is -2.13. The lowest BCUT2D eigenvalue weighted by molar-refractivity contribution is -0.146.